The van der Waals surface area contributed by atoms with Crippen LogP contribution in [-0.4, -0.2) is 42.3 Å². The predicted molar refractivity (Wildman–Crippen MR) is 88.6 cm³/mol. The van der Waals surface area contributed by atoms with Crippen LogP contribution in [0, 0.1) is 12.3 Å². The number of nitrogens with zero attached hydrogens (tertiary/aromatic N) is 1. The Balaban J connectivity index is 2.86. The van der Waals surface area contributed by atoms with Crippen LogP contribution in [0.1, 0.15) is 31.9 Å². The Morgan fingerprint density at radius 3 is 2.26 bits per heavy atom. The maximum atomic E-state index is 13.0. The number of hydrogen-bond donors (Lipinski definition) is 0. The number of rotatable bonds is 5. The third-order valence-electron chi connectivity index (χ3n) is 3.15. The minimum atomic E-state index is -5.72. The summed E-state index contributed by atoms with van der Waals surface area (Å²) < 4.78 is 72.3. The molecule has 0 aliphatic rings. The van der Waals surface area contributed by atoms with Crippen LogP contribution < -0.4 is 4.74 Å². The first-order valence-electron chi connectivity index (χ1n) is 7.77. The number of carbonyl (C=O) groups excluding carboxylic acids is 1. The minimum Gasteiger partial charge on any atom is -0.486 e. The van der Waals surface area contributed by atoms with E-state index in [4.69, 9.17) is 11.2 Å². The molecule has 0 saturated heterocycles. The molecule has 0 N–H and O–H groups in total. The van der Waals surface area contributed by atoms with Gasteiger partial charge in [-0.1, -0.05) is 12.0 Å². The third kappa shape index (κ3) is 6.62. The molecule has 0 saturated carbocycles. The Hall–Kier alpha value is -2.50. The molecule has 1 amide bonds. The lowest BCUT2D eigenvalue weighted by Crippen LogP contribution is -2.41. The van der Waals surface area contributed by atoms with Crippen LogP contribution in [0.5, 0.6) is 5.75 Å². The minimum absolute atomic E-state index is 0.0111. The van der Waals surface area contributed by atoms with Crippen LogP contribution in [-0.2, 0) is 11.3 Å². The van der Waals surface area contributed by atoms with Crippen molar-refractivity contribution in [1.82, 2.24) is 4.90 Å². The van der Waals surface area contributed by atoms with Crippen LogP contribution in [0.15, 0.2) is 18.2 Å². The van der Waals surface area contributed by atoms with Crippen molar-refractivity contribution in [3.63, 3.8) is 0 Å². The van der Waals surface area contributed by atoms with Gasteiger partial charge >= 0.3 is 18.2 Å². The van der Waals surface area contributed by atoms with E-state index >= 15 is 0 Å². The predicted octanol–water partition coefficient (Wildman–Crippen LogP) is 4.61. The summed E-state index contributed by atoms with van der Waals surface area (Å²) in [5, 5.41) is 0. The Morgan fingerprint density at radius 1 is 1.19 bits per heavy atom. The molecule has 0 aromatic heterocycles. The Kier molecular flexibility index (Phi) is 6.70. The van der Waals surface area contributed by atoms with Gasteiger partial charge in [0.1, 0.15) is 11.4 Å². The van der Waals surface area contributed by atoms with Crippen molar-refractivity contribution < 1.29 is 36.2 Å². The summed E-state index contributed by atoms with van der Waals surface area (Å²) in [5.74, 6) is -3.13. The van der Waals surface area contributed by atoms with Crippen LogP contribution in [0.3, 0.4) is 0 Å². The van der Waals surface area contributed by atoms with E-state index in [1.165, 1.54) is 30.1 Å². The molecule has 0 bridgehead atoms. The van der Waals surface area contributed by atoms with Crippen molar-refractivity contribution in [3.05, 3.63) is 29.3 Å². The normalized spacial score (nSPS) is 12.3. The summed E-state index contributed by atoms with van der Waals surface area (Å²) in [6.45, 7) is 3.32. The van der Waals surface area contributed by atoms with E-state index in [9.17, 15) is 26.7 Å². The standard InChI is InChI=1S/C18H20F5NO3/c1-6-13-9-12(10-24(5)15(25)27-16(2,3)4)7-8-14(13)26-11-17(19,20)18(21,22)23/h1,7-9H,10-11H2,2-5H3. The van der Waals surface area contributed by atoms with Gasteiger partial charge in [0.2, 0.25) is 0 Å². The van der Waals surface area contributed by atoms with Gasteiger partial charge in [0.25, 0.3) is 0 Å². The van der Waals surface area contributed by atoms with E-state index in [-0.39, 0.29) is 17.9 Å². The largest absolute Gasteiger partial charge is 0.486 e. The number of terminal acetylenes is 1. The van der Waals surface area contributed by atoms with E-state index in [2.05, 4.69) is 10.7 Å². The molecule has 1 aromatic carbocycles. The molecule has 1 aromatic rings. The van der Waals surface area contributed by atoms with Crippen molar-refractivity contribution in [1.29, 1.82) is 0 Å². The topological polar surface area (TPSA) is 38.8 Å². The number of alkyl halides is 5. The molecule has 0 spiro atoms. The fourth-order valence-corrected chi connectivity index (χ4v) is 1.84. The summed E-state index contributed by atoms with van der Waals surface area (Å²) >= 11 is 0. The molecule has 0 radical (unpaired) electrons. The first kappa shape index (κ1) is 22.5. The van der Waals surface area contributed by atoms with Crippen molar-refractivity contribution in [2.75, 3.05) is 13.7 Å². The Morgan fingerprint density at radius 2 is 1.78 bits per heavy atom. The molecule has 150 valence electrons. The number of amides is 1. The van der Waals surface area contributed by atoms with Crippen molar-refractivity contribution >= 4 is 6.09 Å². The number of halogens is 5. The highest BCUT2D eigenvalue weighted by atomic mass is 19.4. The van der Waals surface area contributed by atoms with Crippen LogP contribution >= 0.6 is 0 Å². The van der Waals surface area contributed by atoms with Gasteiger partial charge in [-0.3, -0.25) is 0 Å². The van der Waals surface area contributed by atoms with Gasteiger partial charge in [-0.05, 0) is 38.5 Å². The quantitative estimate of drug-likeness (QED) is 0.542. The maximum absolute atomic E-state index is 13.0. The molecule has 0 aliphatic carbocycles. The second kappa shape index (κ2) is 8.03. The van der Waals surface area contributed by atoms with Gasteiger partial charge in [-0.15, -0.1) is 6.42 Å². The molecule has 0 unspecified atom stereocenters. The van der Waals surface area contributed by atoms with Gasteiger partial charge in [0.05, 0.1) is 5.56 Å². The molecule has 0 heterocycles. The lowest BCUT2D eigenvalue weighted by atomic mass is 10.1. The maximum Gasteiger partial charge on any atom is 0.456 e. The summed E-state index contributed by atoms with van der Waals surface area (Å²) in [6, 6.07) is 3.95. The highest BCUT2D eigenvalue weighted by molar-refractivity contribution is 5.67. The highest BCUT2D eigenvalue weighted by Crippen LogP contribution is 2.36. The lowest BCUT2D eigenvalue weighted by molar-refractivity contribution is -0.290. The first-order valence-corrected chi connectivity index (χ1v) is 7.77. The molecule has 1 rings (SSSR count). The van der Waals surface area contributed by atoms with Gasteiger partial charge in [-0.2, -0.15) is 22.0 Å². The van der Waals surface area contributed by atoms with Gasteiger partial charge in [0, 0.05) is 13.6 Å². The fraction of sp³-hybridized carbons (Fsp3) is 0.500. The van der Waals surface area contributed by atoms with Crippen LogP contribution in [0.25, 0.3) is 0 Å². The zero-order valence-electron chi connectivity index (χ0n) is 15.3. The van der Waals surface area contributed by atoms with Gasteiger partial charge in [0.15, 0.2) is 6.61 Å². The second-order valence-electron chi connectivity index (χ2n) is 6.80. The number of carbonyl (C=O) groups is 1. The molecule has 9 heteroatoms. The molecule has 0 atom stereocenters. The molecular formula is C18H20F5NO3. The number of ether oxygens (including phenoxy) is 2. The van der Waals surface area contributed by atoms with Crippen molar-refractivity contribution in [3.8, 4) is 18.1 Å². The zero-order chi connectivity index (χ0) is 21.0. The van der Waals surface area contributed by atoms with Gasteiger partial charge < -0.3 is 14.4 Å². The molecule has 0 aliphatic heterocycles. The van der Waals surface area contributed by atoms with E-state index in [1.54, 1.807) is 20.8 Å². The highest BCUT2D eigenvalue weighted by Gasteiger charge is 2.58. The summed E-state index contributed by atoms with van der Waals surface area (Å²) in [4.78, 5) is 13.2. The lowest BCUT2D eigenvalue weighted by Gasteiger charge is -2.25. The van der Waals surface area contributed by atoms with E-state index in [1.807, 2.05) is 0 Å². The van der Waals surface area contributed by atoms with Crippen LogP contribution in [0.2, 0.25) is 0 Å². The number of benzene rings is 1. The third-order valence-corrected chi connectivity index (χ3v) is 3.15. The van der Waals surface area contributed by atoms with Crippen LogP contribution in [0.4, 0.5) is 26.7 Å². The summed E-state index contributed by atoms with van der Waals surface area (Å²) in [5.41, 5.74) is -0.175. The first-order chi connectivity index (χ1) is 12.2. The van der Waals surface area contributed by atoms with E-state index in [0.29, 0.717) is 5.56 Å². The smallest absolute Gasteiger partial charge is 0.456 e. The zero-order valence-corrected chi connectivity index (χ0v) is 15.3. The average molecular weight is 393 g/mol. The van der Waals surface area contributed by atoms with E-state index < -0.39 is 30.4 Å². The van der Waals surface area contributed by atoms with E-state index in [0.717, 1.165) is 0 Å². The molecule has 27 heavy (non-hydrogen) atoms. The summed E-state index contributed by atoms with van der Waals surface area (Å²) in [7, 11) is 1.48. The second-order valence-corrected chi connectivity index (χ2v) is 6.80. The average Bonchev–Trinajstić information content (AvgIpc) is 2.50. The van der Waals surface area contributed by atoms with Crippen molar-refractivity contribution in [2.45, 2.75) is 45.0 Å². The molecular weight excluding hydrogens is 373 g/mol. The molecule has 0 fully saturated rings. The molecule has 4 nitrogen and oxygen atoms in total. The SMILES string of the molecule is C#Cc1cc(CN(C)C(=O)OC(C)(C)C)ccc1OCC(F)(F)C(F)(F)F. The number of hydrogen-bond acceptors (Lipinski definition) is 3. The Bertz CT molecular complexity index is 717. The van der Waals surface area contributed by atoms with Gasteiger partial charge in [-0.25, -0.2) is 4.79 Å². The van der Waals surface area contributed by atoms with Crippen molar-refractivity contribution in [2.24, 2.45) is 0 Å². The Labute approximate surface area is 154 Å². The summed E-state index contributed by atoms with van der Waals surface area (Å²) in [6.07, 6.45) is -1.04. The fourth-order valence-electron chi connectivity index (χ4n) is 1.84. The monoisotopic (exact) mass is 393 g/mol.